The summed E-state index contributed by atoms with van der Waals surface area (Å²) in [7, 11) is -2.20. The molecule has 0 aliphatic heterocycles. The molecule has 112 valence electrons. The fourth-order valence-corrected chi connectivity index (χ4v) is 3.16. The number of carbonyl (C=O) groups is 1. The van der Waals surface area contributed by atoms with Crippen LogP contribution in [0.25, 0.3) is 0 Å². The summed E-state index contributed by atoms with van der Waals surface area (Å²) < 4.78 is 34.7. The standard InChI is InChI=1S/C14H14O6S/c1-9-6-11(20-13(9)14(15)16)8-21(17,18)12-5-3-4-10(7-12)19-2/h3-7H,8H2,1-2H3,(H,15,16). The van der Waals surface area contributed by atoms with Gasteiger partial charge in [-0.3, -0.25) is 0 Å². The number of carboxylic acids is 1. The van der Waals surface area contributed by atoms with E-state index in [-0.39, 0.29) is 16.4 Å². The number of rotatable bonds is 5. The summed E-state index contributed by atoms with van der Waals surface area (Å²) >= 11 is 0. The Balaban J connectivity index is 2.33. The van der Waals surface area contributed by atoms with Crippen LogP contribution in [0.5, 0.6) is 5.75 Å². The molecule has 0 bridgehead atoms. The quantitative estimate of drug-likeness (QED) is 0.910. The molecule has 0 spiro atoms. The van der Waals surface area contributed by atoms with Crippen molar-refractivity contribution in [1.82, 2.24) is 0 Å². The van der Waals surface area contributed by atoms with Crippen LogP contribution in [0.1, 0.15) is 21.9 Å². The molecule has 1 heterocycles. The van der Waals surface area contributed by atoms with Crippen molar-refractivity contribution in [2.75, 3.05) is 7.11 Å². The molecule has 6 nitrogen and oxygen atoms in total. The molecule has 0 aliphatic rings. The number of ether oxygens (including phenoxy) is 1. The number of sulfone groups is 1. The van der Waals surface area contributed by atoms with E-state index in [9.17, 15) is 13.2 Å². The summed E-state index contributed by atoms with van der Waals surface area (Å²) in [6.07, 6.45) is 0. The van der Waals surface area contributed by atoms with Gasteiger partial charge in [0.15, 0.2) is 9.84 Å². The average Bonchev–Trinajstić information content (AvgIpc) is 2.79. The molecule has 0 aliphatic carbocycles. The molecule has 2 rings (SSSR count). The zero-order chi connectivity index (χ0) is 15.6. The minimum Gasteiger partial charge on any atom is -0.497 e. The molecule has 0 radical (unpaired) electrons. The predicted molar refractivity (Wildman–Crippen MR) is 74.3 cm³/mol. The van der Waals surface area contributed by atoms with E-state index in [1.54, 1.807) is 19.1 Å². The molecule has 0 amide bonds. The van der Waals surface area contributed by atoms with Crippen molar-refractivity contribution in [2.45, 2.75) is 17.6 Å². The molecule has 1 aromatic carbocycles. The molecule has 21 heavy (non-hydrogen) atoms. The summed E-state index contributed by atoms with van der Waals surface area (Å²) in [4.78, 5) is 11.0. The second-order valence-electron chi connectivity index (χ2n) is 4.47. The number of methoxy groups -OCH3 is 1. The monoisotopic (exact) mass is 310 g/mol. The Kier molecular flexibility index (Phi) is 4.04. The third-order valence-corrected chi connectivity index (χ3v) is 4.53. The molecule has 0 fully saturated rings. The van der Waals surface area contributed by atoms with Crippen LogP contribution in [0, 0.1) is 6.92 Å². The first-order valence-corrected chi connectivity index (χ1v) is 7.68. The van der Waals surface area contributed by atoms with Crippen molar-refractivity contribution < 1.29 is 27.5 Å². The number of carboxylic acid groups (broad SMARTS) is 1. The van der Waals surface area contributed by atoms with Crippen molar-refractivity contribution in [2.24, 2.45) is 0 Å². The van der Waals surface area contributed by atoms with Gasteiger partial charge in [-0.15, -0.1) is 0 Å². The van der Waals surface area contributed by atoms with Gasteiger partial charge >= 0.3 is 5.97 Å². The largest absolute Gasteiger partial charge is 0.497 e. The average molecular weight is 310 g/mol. The van der Waals surface area contributed by atoms with Gasteiger partial charge in [0.1, 0.15) is 17.3 Å². The second kappa shape index (κ2) is 5.61. The van der Waals surface area contributed by atoms with Gasteiger partial charge in [0.2, 0.25) is 5.76 Å². The van der Waals surface area contributed by atoms with Crippen LogP contribution in [0.3, 0.4) is 0 Å². The van der Waals surface area contributed by atoms with E-state index in [0.29, 0.717) is 11.3 Å². The molecule has 1 N–H and O–H groups in total. The molecule has 1 aromatic heterocycles. The maximum absolute atomic E-state index is 12.3. The third kappa shape index (κ3) is 3.25. The highest BCUT2D eigenvalue weighted by Gasteiger charge is 2.21. The van der Waals surface area contributed by atoms with E-state index in [2.05, 4.69) is 0 Å². The topological polar surface area (TPSA) is 93.8 Å². The highest BCUT2D eigenvalue weighted by molar-refractivity contribution is 7.90. The first-order valence-electron chi connectivity index (χ1n) is 6.03. The van der Waals surface area contributed by atoms with Crippen LogP contribution in [-0.4, -0.2) is 26.6 Å². The van der Waals surface area contributed by atoms with E-state index in [0.717, 1.165) is 0 Å². The molecule has 0 saturated heterocycles. The summed E-state index contributed by atoms with van der Waals surface area (Å²) in [6, 6.07) is 7.48. The summed E-state index contributed by atoms with van der Waals surface area (Å²) in [5, 5.41) is 8.90. The lowest BCUT2D eigenvalue weighted by Crippen LogP contribution is -2.04. The van der Waals surface area contributed by atoms with Crippen molar-refractivity contribution >= 4 is 15.8 Å². The normalized spacial score (nSPS) is 11.3. The van der Waals surface area contributed by atoms with Crippen molar-refractivity contribution in [3.63, 3.8) is 0 Å². The molecule has 7 heteroatoms. The molecule has 0 unspecified atom stereocenters. The Morgan fingerprint density at radius 2 is 2.05 bits per heavy atom. The van der Waals surface area contributed by atoms with Gasteiger partial charge in [0.05, 0.1) is 12.0 Å². The van der Waals surface area contributed by atoms with Crippen LogP contribution in [0.2, 0.25) is 0 Å². The summed E-state index contributed by atoms with van der Waals surface area (Å²) in [5.74, 6) is -1.36. The lowest BCUT2D eigenvalue weighted by atomic mass is 10.3. The van der Waals surface area contributed by atoms with Crippen LogP contribution < -0.4 is 4.74 Å². The summed E-state index contributed by atoms with van der Waals surface area (Å²) in [6.45, 7) is 1.55. The predicted octanol–water partition coefficient (Wildman–Crippen LogP) is 2.27. The molecule has 0 saturated carbocycles. The van der Waals surface area contributed by atoms with E-state index in [1.165, 1.54) is 25.3 Å². The number of aryl methyl sites for hydroxylation is 1. The van der Waals surface area contributed by atoms with E-state index >= 15 is 0 Å². The van der Waals surface area contributed by atoms with E-state index in [4.69, 9.17) is 14.3 Å². The Labute approximate surface area is 121 Å². The molecular formula is C14H14O6S. The number of hydrogen-bond donors (Lipinski definition) is 1. The molecular weight excluding hydrogens is 296 g/mol. The number of aromatic carboxylic acids is 1. The number of furan rings is 1. The van der Waals surface area contributed by atoms with Crippen LogP contribution >= 0.6 is 0 Å². The number of benzene rings is 1. The first-order chi connectivity index (χ1) is 9.83. The SMILES string of the molecule is COc1cccc(S(=O)(=O)Cc2cc(C)c(C(=O)O)o2)c1. The van der Waals surface area contributed by atoms with Gasteiger partial charge in [0, 0.05) is 5.56 Å². The van der Waals surface area contributed by atoms with Gasteiger partial charge < -0.3 is 14.3 Å². The van der Waals surface area contributed by atoms with Crippen LogP contribution in [0.15, 0.2) is 39.6 Å². The number of hydrogen-bond acceptors (Lipinski definition) is 5. The van der Waals surface area contributed by atoms with Gasteiger partial charge in [-0.25, -0.2) is 13.2 Å². The maximum atomic E-state index is 12.3. The van der Waals surface area contributed by atoms with Crippen molar-refractivity contribution in [3.8, 4) is 5.75 Å². The molecule has 0 atom stereocenters. The smallest absolute Gasteiger partial charge is 0.372 e. The maximum Gasteiger partial charge on any atom is 0.372 e. The van der Waals surface area contributed by atoms with Gasteiger partial charge in [0.25, 0.3) is 0 Å². The van der Waals surface area contributed by atoms with Gasteiger partial charge in [-0.05, 0) is 31.2 Å². The Bertz CT molecular complexity index is 773. The van der Waals surface area contributed by atoms with Crippen molar-refractivity contribution in [1.29, 1.82) is 0 Å². The zero-order valence-electron chi connectivity index (χ0n) is 11.5. The minimum absolute atomic E-state index is 0.0905. The lowest BCUT2D eigenvalue weighted by Gasteiger charge is -2.05. The fourth-order valence-electron chi connectivity index (χ4n) is 1.90. The van der Waals surface area contributed by atoms with Gasteiger partial charge in [-0.2, -0.15) is 0 Å². The summed E-state index contributed by atoms with van der Waals surface area (Å²) in [5.41, 5.74) is 0.387. The molecule has 2 aromatic rings. The third-order valence-electron chi connectivity index (χ3n) is 2.90. The van der Waals surface area contributed by atoms with Crippen LogP contribution in [0.4, 0.5) is 0 Å². The van der Waals surface area contributed by atoms with Gasteiger partial charge in [-0.1, -0.05) is 6.07 Å². The second-order valence-corrected chi connectivity index (χ2v) is 6.46. The van der Waals surface area contributed by atoms with Crippen LogP contribution in [-0.2, 0) is 15.6 Å². The highest BCUT2D eigenvalue weighted by Crippen LogP contribution is 2.23. The Hall–Kier alpha value is -2.28. The Morgan fingerprint density at radius 1 is 1.33 bits per heavy atom. The lowest BCUT2D eigenvalue weighted by molar-refractivity contribution is 0.0659. The Morgan fingerprint density at radius 3 is 2.62 bits per heavy atom. The zero-order valence-corrected chi connectivity index (χ0v) is 12.3. The minimum atomic E-state index is -3.64. The van der Waals surface area contributed by atoms with E-state index < -0.39 is 21.6 Å². The fraction of sp³-hybridized carbons (Fsp3) is 0.214. The first kappa shape index (κ1) is 15.1. The van der Waals surface area contributed by atoms with Crippen molar-refractivity contribution in [3.05, 3.63) is 47.4 Å². The highest BCUT2D eigenvalue weighted by atomic mass is 32.2. The van der Waals surface area contributed by atoms with E-state index in [1.807, 2.05) is 0 Å².